The smallest absolute Gasteiger partial charge is 0.231 e. The van der Waals surface area contributed by atoms with Gasteiger partial charge in [0.05, 0.1) is 13.1 Å². The molecule has 1 heterocycles. The van der Waals surface area contributed by atoms with Gasteiger partial charge in [0.15, 0.2) is 0 Å². The number of carbonyl (C=O) groups is 1. The first-order valence-corrected chi connectivity index (χ1v) is 4.72. The van der Waals surface area contributed by atoms with Gasteiger partial charge in [0.2, 0.25) is 5.91 Å². The van der Waals surface area contributed by atoms with Crippen LogP contribution in [0.3, 0.4) is 0 Å². The van der Waals surface area contributed by atoms with Crippen molar-refractivity contribution in [1.82, 2.24) is 5.32 Å². The summed E-state index contributed by atoms with van der Waals surface area (Å²) >= 11 is 0. The van der Waals surface area contributed by atoms with Crippen molar-refractivity contribution in [2.45, 2.75) is 6.54 Å². The Morgan fingerprint density at radius 2 is 2.20 bits per heavy atom. The Morgan fingerprint density at radius 3 is 2.93 bits per heavy atom. The van der Waals surface area contributed by atoms with E-state index in [1.807, 2.05) is 30.3 Å². The maximum Gasteiger partial charge on any atom is 0.231 e. The lowest BCUT2D eigenvalue weighted by atomic mass is 10.2. The van der Waals surface area contributed by atoms with Crippen molar-refractivity contribution in [2.24, 2.45) is 5.73 Å². The summed E-state index contributed by atoms with van der Waals surface area (Å²) in [4.78, 5) is 10.5. The largest absolute Gasteiger partial charge is 0.460 e. The second kappa shape index (κ2) is 4.14. The van der Waals surface area contributed by atoms with E-state index in [9.17, 15) is 4.79 Å². The minimum Gasteiger partial charge on any atom is -0.460 e. The fourth-order valence-electron chi connectivity index (χ4n) is 1.43. The number of benzene rings is 1. The molecule has 78 valence electrons. The Hall–Kier alpha value is -1.81. The highest BCUT2D eigenvalue weighted by Gasteiger charge is 2.02. The molecule has 1 amide bonds. The summed E-state index contributed by atoms with van der Waals surface area (Å²) in [6, 6.07) is 9.72. The molecule has 0 unspecified atom stereocenters. The molecule has 2 rings (SSSR count). The second-order valence-corrected chi connectivity index (χ2v) is 3.32. The van der Waals surface area contributed by atoms with E-state index in [1.54, 1.807) is 0 Å². The summed E-state index contributed by atoms with van der Waals surface area (Å²) in [6.45, 7) is 0.675. The highest BCUT2D eigenvalue weighted by atomic mass is 16.3. The standard InChI is InChI=1S/C11H12N2O2/c12-11(14)7-13-6-9-5-8-3-1-2-4-10(8)15-9/h1-5,13H,6-7H2,(H2,12,14). The minimum absolute atomic E-state index is 0.164. The van der Waals surface area contributed by atoms with Crippen molar-refractivity contribution >= 4 is 16.9 Å². The summed E-state index contributed by atoms with van der Waals surface area (Å²) in [5.41, 5.74) is 5.85. The lowest BCUT2D eigenvalue weighted by Crippen LogP contribution is -2.27. The van der Waals surface area contributed by atoms with Gasteiger partial charge in [0.1, 0.15) is 11.3 Å². The molecule has 0 bridgehead atoms. The van der Waals surface area contributed by atoms with E-state index < -0.39 is 0 Å². The first kappa shape index (κ1) is 9.73. The third kappa shape index (κ3) is 2.35. The van der Waals surface area contributed by atoms with Gasteiger partial charge < -0.3 is 15.5 Å². The number of fused-ring (bicyclic) bond motifs is 1. The number of hydrogen-bond donors (Lipinski definition) is 2. The van der Waals surface area contributed by atoms with Crippen LogP contribution in [0.5, 0.6) is 0 Å². The van der Waals surface area contributed by atoms with Crippen LogP contribution in [0.4, 0.5) is 0 Å². The SMILES string of the molecule is NC(=O)CNCc1cc2ccccc2o1. The average molecular weight is 204 g/mol. The Labute approximate surface area is 87.1 Å². The van der Waals surface area contributed by atoms with Gasteiger partial charge in [0.25, 0.3) is 0 Å². The van der Waals surface area contributed by atoms with E-state index in [0.717, 1.165) is 16.7 Å². The fraction of sp³-hybridized carbons (Fsp3) is 0.182. The number of primary amides is 1. The molecule has 15 heavy (non-hydrogen) atoms. The first-order valence-electron chi connectivity index (χ1n) is 4.72. The zero-order chi connectivity index (χ0) is 10.7. The Morgan fingerprint density at radius 1 is 1.40 bits per heavy atom. The molecule has 0 radical (unpaired) electrons. The Kier molecular flexibility index (Phi) is 2.69. The first-order chi connectivity index (χ1) is 7.25. The van der Waals surface area contributed by atoms with Crippen molar-refractivity contribution in [1.29, 1.82) is 0 Å². The van der Waals surface area contributed by atoms with Crippen LogP contribution in [0.25, 0.3) is 11.0 Å². The zero-order valence-electron chi connectivity index (χ0n) is 8.19. The molecule has 0 saturated carbocycles. The summed E-state index contributed by atoms with van der Waals surface area (Å²) < 4.78 is 5.54. The van der Waals surface area contributed by atoms with Crippen LogP contribution in [-0.2, 0) is 11.3 Å². The lowest BCUT2D eigenvalue weighted by Gasteiger charge is -1.97. The van der Waals surface area contributed by atoms with Crippen molar-refractivity contribution in [2.75, 3.05) is 6.54 Å². The van der Waals surface area contributed by atoms with Crippen LogP contribution in [0.2, 0.25) is 0 Å². The summed E-state index contributed by atoms with van der Waals surface area (Å²) in [5, 5.41) is 3.96. The molecule has 0 fully saturated rings. The predicted octanol–water partition coefficient (Wildman–Crippen LogP) is 1.01. The van der Waals surface area contributed by atoms with Gasteiger partial charge >= 0.3 is 0 Å². The quantitative estimate of drug-likeness (QED) is 0.780. The lowest BCUT2D eigenvalue weighted by molar-refractivity contribution is -0.117. The van der Waals surface area contributed by atoms with E-state index >= 15 is 0 Å². The molecule has 1 aromatic heterocycles. The van der Waals surface area contributed by atoms with Crippen LogP contribution >= 0.6 is 0 Å². The molecular weight excluding hydrogens is 192 g/mol. The van der Waals surface area contributed by atoms with E-state index in [-0.39, 0.29) is 12.5 Å². The summed E-state index contributed by atoms with van der Waals surface area (Å²) in [6.07, 6.45) is 0. The molecular formula is C11H12N2O2. The van der Waals surface area contributed by atoms with Crippen molar-refractivity contribution in [3.63, 3.8) is 0 Å². The van der Waals surface area contributed by atoms with Crippen LogP contribution in [0, 0.1) is 0 Å². The molecule has 4 nitrogen and oxygen atoms in total. The number of carbonyl (C=O) groups excluding carboxylic acids is 1. The van der Waals surface area contributed by atoms with Crippen molar-refractivity contribution < 1.29 is 9.21 Å². The monoisotopic (exact) mass is 204 g/mol. The van der Waals surface area contributed by atoms with Crippen LogP contribution in [0.1, 0.15) is 5.76 Å². The van der Waals surface area contributed by atoms with Crippen LogP contribution in [-0.4, -0.2) is 12.5 Å². The van der Waals surface area contributed by atoms with Gasteiger partial charge in [-0.2, -0.15) is 0 Å². The highest BCUT2D eigenvalue weighted by molar-refractivity contribution is 5.77. The van der Waals surface area contributed by atoms with Crippen molar-refractivity contribution in [3.05, 3.63) is 36.1 Å². The number of furan rings is 1. The number of hydrogen-bond acceptors (Lipinski definition) is 3. The third-order valence-corrected chi connectivity index (χ3v) is 2.08. The van der Waals surface area contributed by atoms with E-state index in [1.165, 1.54) is 0 Å². The molecule has 0 spiro atoms. The maximum atomic E-state index is 10.5. The Balaban J connectivity index is 2.05. The molecule has 0 saturated heterocycles. The molecule has 1 aromatic carbocycles. The Bertz CT molecular complexity index is 443. The molecule has 0 atom stereocenters. The summed E-state index contributed by atoms with van der Waals surface area (Å²) in [7, 11) is 0. The average Bonchev–Trinajstić information content (AvgIpc) is 2.59. The second-order valence-electron chi connectivity index (χ2n) is 3.32. The number of nitrogens with one attached hydrogen (secondary N) is 1. The van der Waals surface area contributed by atoms with Gasteiger partial charge in [-0.1, -0.05) is 18.2 Å². The topological polar surface area (TPSA) is 68.3 Å². The van der Waals surface area contributed by atoms with Gasteiger partial charge in [-0.05, 0) is 12.1 Å². The molecule has 0 aliphatic rings. The van der Waals surface area contributed by atoms with Gasteiger partial charge in [-0.15, -0.1) is 0 Å². The van der Waals surface area contributed by atoms with Crippen molar-refractivity contribution in [3.8, 4) is 0 Å². The molecule has 0 aliphatic carbocycles. The summed E-state index contributed by atoms with van der Waals surface area (Å²) in [5.74, 6) is 0.434. The van der Waals surface area contributed by atoms with E-state index in [2.05, 4.69) is 5.32 Å². The number of nitrogens with two attached hydrogens (primary N) is 1. The van der Waals surface area contributed by atoms with Gasteiger partial charge in [0, 0.05) is 5.39 Å². The minimum atomic E-state index is -0.369. The molecule has 2 aromatic rings. The fourth-order valence-corrected chi connectivity index (χ4v) is 1.43. The normalized spacial score (nSPS) is 10.7. The van der Waals surface area contributed by atoms with Crippen LogP contribution < -0.4 is 11.1 Å². The number of rotatable bonds is 4. The van der Waals surface area contributed by atoms with E-state index in [4.69, 9.17) is 10.2 Å². The molecule has 3 N–H and O–H groups in total. The van der Waals surface area contributed by atoms with Gasteiger partial charge in [-0.25, -0.2) is 0 Å². The third-order valence-electron chi connectivity index (χ3n) is 2.08. The number of amides is 1. The molecule has 0 aliphatic heterocycles. The zero-order valence-corrected chi connectivity index (χ0v) is 8.19. The number of para-hydroxylation sites is 1. The predicted molar refractivity (Wildman–Crippen MR) is 57.1 cm³/mol. The highest BCUT2D eigenvalue weighted by Crippen LogP contribution is 2.18. The van der Waals surface area contributed by atoms with Crippen LogP contribution in [0.15, 0.2) is 34.7 Å². The molecule has 4 heteroatoms. The van der Waals surface area contributed by atoms with E-state index in [0.29, 0.717) is 6.54 Å². The maximum absolute atomic E-state index is 10.5. The van der Waals surface area contributed by atoms with Gasteiger partial charge in [-0.3, -0.25) is 4.79 Å².